The number of hydrogen-bond acceptors (Lipinski definition) is 7. The van der Waals surface area contributed by atoms with Gasteiger partial charge in [0.2, 0.25) is 0 Å². The number of anilines is 3. The summed E-state index contributed by atoms with van der Waals surface area (Å²) in [7, 11) is 2.07. The summed E-state index contributed by atoms with van der Waals surface area (Å²) < 4.78 is 13.2. The first kappa shape index (κ1) is 45.8. The van der Waals surface area contributed by atoms with Crippen molar-refractivity contribution in [1.82, 2.24) is 0 Å². The number of likely N-dealkylation sites (N-methyl/N-ethyl adjacent to an activating group) is 1. The largest absolute Gasteiger partial charge is 0.493 e. The lowest BCUT2D eigenvalue weighted by Gasteiger charge is -2.21. The Morgan fingerprint density at radius 1 is 0.508 bits per heavy atom. The molecule has 0 saturated heterocycles. The van der Waals surface area contributed by atoms with Crippen LogP contribution < -0.4 is 24.2 Å². The fraction of sp³-hybridized carbons (Fsp3) is 0.321. The number of nitro benzene ring substituents is 1. The van der Waals surface area contributed by atoms with Gasteiger partial charge in [0.25, 0.3) is 5.69 Å². The van der Waals surface area contributed by atoms with Crippen LogP contribution in [-0.2, 0) is 0 Å². The third-order valence-corrected chi connectivity index (χ3v) is 10.9. The number of ether oxygens (including phenoxy) is 2. The second-order valence-corrected chi connectivity index (χ2v) is 15.1. The van der Waals surface area contributed by atoms with Gasteiger partial charge in [-0.2, -0.15) is 0 Å². The van der Waals surface area contributed by atoms with Crippen LogP contribution in [0, 0.1) is 10.1 Å². The molecule has 0 saturated carbocycles. The Labute approximate surface area is 364 Å². The molecule has 5 aromatic rings. The zero-order valence-electron chi connectivity index (χ0n) is 37.1. The highest BCUT2D eigenvalue weighted by molar-refractivity contribution is 5.79. The monoisotopic (exact) mass is 820 g/mol. The van der Waals surface area contributed by atoms with Gasteiger partial charge in [-0.25, -0.2) is 0 Å². The Morgan fingerprint density at radius 2 is 0.902 bits per heavy atom. The van der Waals surface area contributed by atoms with Crippen molar-refractivity contribution in [2.24, 2.45) is 0 Å². The highest BCUT2D eigenvalue weighted by Gasteiger charge is 2.12. The van der Waals surface area contributed by atoms with Crippen LogP contribution in [0.3, 0.4) is 0 Å². The van der Waals surface area contributed by atoms with Crippen LogP contribution in [0.5, 0.6) is 11.5 Å². The van der Waals surface area contributed by atoms with Crippen LogP contribution in [0.25, 0.3) is 36.5 Å². The van der Waals surface area contributed by atoms with Crippen molar-refractivity contribution >= 4 is 59.2 Å². The lowest BCUT2D eigenvalue weighted by molar-refractivity contribution is -0.384. The van der Waals surface area contributed by atoms with Gasteiger partial charge in [-0.05, 0) is 117 Å². The number of rotatable bonds is 24. The maximum Gasteiger partial charge on any atom is 0.269 e. The van der Waals surface area contributed by atoms with E-state index in [0.717, 1.165) is 89.6 Å². The molecule has 0 bridgehead atoms. The summed E-state index contributed by atoms with van der Waals surface area (Å²) in [6.45, 7) is 16.7. The number of hydrogen-bond donors (Lipinski definition) is 0. The molecule has 0 atom stereocenters. The topological polar surface area (TPSA) is 71.3 Å². The van der Waals surface area contributed by atoms with Crippen LogP contribution in [-0.4, -0.2) is 57.9 Å². The molecule has 8 heteroatoms. The molecule has 0 N–H and O–H groups in total. The van der Waals surface area contributed by atoms with Crippen LogP contribution >= 0.6 is 0 Å². The molecule has 0 unspecified atom stereocenters. The summed E-state index contributed by atoms with van der Waals surface area (Å²) in [5.74, 6) is 1.64. The molecule has 0 aliphatic rings. The quantitative estimate of drug-likeness (QED) is 0.0266. The first-order chi connectivity index (χ1) is 29.7. The van der Waals surface area contributed by atoms with E-state index in [0.29, 0.717) is 19.8 Å². The number of nitrogens with zero attached hydrogens (tertiary/aromatic N) is 4. The summed E-state index contributed by atoms with van der Waals surface area (Å²) >= 11 is 0. The molecule has 8 nitrogen and oxygen atoms in total. The molecular formula is C53H64N4O4. The lowest BCUT2D eigenvalue weighted by atomic mass is 10.0. The van der Waals surface area contributed by atoms with Crippen molar-refractivity contribution < 1.29 is 14.4 Å². The van der Waals surface area contributed by atoms with Crippen LogP contribution in [0.15, 0.2) is 109 Å². The van der Waals surface area contributed by atoms with Gasteiger partial charge in [-0.15, -0.1) is 0 Å². The first-order valence-electron chi connectivity index (χ1n) is 22.0. The van der Waals surface area contributed by atoms with Crippen LogP contribution in [0.4, 0.5) is 22.7 Å². The molecule has 5 aromatic carbocycles. The van der Waals surface area contributed by atoms with Gasteiger partial charge in [0, 0.05) is 73.5 Å². The average Bonchev–Trinajstić information content (AvgIpc) is 3.29. The zero-order valence-corrected chi connectivity index (χ0v) is 37.1. The Bertz CT molecular complexity index is 2170. The molecule has 0 radical (unpaired) electrons. The van der Waals surface area contributed by atoms with E-state index in [1.54, 1.807) is 12.1 Å². The van der Waals surface area contributed by atoms with Gasteiger partial charge in [-0.3, -0.25) is 10.1 Å². The van der Waals surface area contributed by atoms with Crippen molar-refractivity contribution in [2.75, 3.05) is 67.7 Å². The van der Waals surface area contributed by atoms with E-state index in [-0.39, 0.29) is 10.6 Å². The van der Waals surface area contributed by atoms with Crippen molar-refractivity contribution in [3.63, 3.8) is 0 Å². The number of unbranched alkanes of at least 4 members (excludes halogenated alkanes) is 3. The van der Waals surface area contributed by atoms with Gasteiger partial charge < -0.3 is 24.2 Å². The molecule has 0 aliphatic carbocycles. The van der Waals surface area contributed by atoms with Gasteiger partial charge in [0.05, 0.1) is 18.1 Å². The molecule has 320 valence electrons. The maximum atomic E-state index is 11.0. The molecule has 0 fully saturated rings. The van der Waals surface area contributed by atoms with Crippen LogP contribution in [0.2, 0.25) is 0 Å². The molecule has 0 heterocycles. The normalized spacial score (nSPS) is 11.4. The van der Waals surface area contributed by atoms with E-state index < -0.39 is 0 Å². The number of nitro groups is 1. The third-order valence-electron chi connectivity index (χ3n) is 10.9. The first-order valence-corrected chi connectivity index (χ1v) is 22.0. The van der Waals surface area contributed by atoms with Gasteiger partial charge >= 0.3 is 0 Å². The van der Waals surface area contributed by atoms with E-state index in [4.69, 9.17) is 9.47 Å². The predicted molar refractivity (Wildman–Crippen MR) is 261 cm³/mol. The molecule has 0 aliphatic heterocycles. The van der Waals surface area contributed by atoms with Crippen molar-refractivity contribution in [3.05, 3.63) is 153 Å². The molecule has 0 amide bonds. The van der Waals surface area contributed by atoms with Crippen molar-refractivity contribution in [1.29, 1.82) is 0 Å². The van der Waals surface area contributed by atoms with Gasteiger partial charge in [-0.1, -0.05) is 99.0 Å². The molecule has 5 rings (SSSR count). The maximum absolute atomic E-state index is 11.0. The van der Waals surface area contributed by atoms with Gasteiger partial charge in [0.15, 0.2) is 0 Å². The number of non-ortho nitro benzene ring substituents is 1. The van der Waals surface area contributed by atoms with Gasteiger partial charge in [0.1, 0.15) is 18.1 Å². The fourth-order valence-corrected chi connectivity index (χ4v) is 7.12. The van der Waals surface area contributed by atoms with E-state index in [1.165, 1.54) is 36.3 Å². The van der Waals surface area contributed by atoms with Crippen molar-refractivity contribution in [3.8, 4) is 11.5 Å². The van der Waals surface area contributed by atoms with E-state index >= 15 is 0 Å². The van der Waals surface area contributed by atoms with E-state index in [1.807, 2.05) is 12.2 Å². The molecule has 0 spiro atoms. The third kappa shape index (κ3) is 13.9. The second kappa shape index (κ2) is 24.1. The zero-order chi connectivity index (χ0) is 43.4. The smallest absolute Gasteiger partial charge is 0.269 e. The van der Waals surface area contributed by atoms with E-state index in [9.17, 15) is 10.1 Å². The summed E-state index contributed by atoms with van der Waals surface area (Å²) in [5, 5.41) is 11.0. The van der Waals surface area contributed by atoms with Crippen LogP contribution in [0.1, 0.15) is 93.7 Å². The summed E-state index contributed by atoms with van der Waals surface area (Å²) in [6.07, 6.45) is 17.1. The standard InChI is InChI=1S/C53H64N4O4/c1-7-12-13-14-38-60-52-40-47(28-18-45-23-33-50(34-24-45)56(10-4)11-5)53(41-46(52)27-17-44-21-31-49(32-22-44)55(8-2)9-3)61-39-37-54(6)48-29-19-42(20-30-48)15-16-43-25-35-51(36-26-43)57(58)59/h15-36,40-41H,7-14,37-39H2,1-6H3/b16-15+,27-17+,28-18+. The summed E-state index contributed by atoms with van der Waals surface area (Å²) in [5.41, 5.74) is 9.74. The lowest BCUT2D eigenvalue weighted by Crippen LogP contribution is -2.23. The summed E-state index contributed by atoms with van der Waals surface area (Å²) in [6, 6.07) is 36.6. The summed E-state index contributed by atoms with van der Waals surface area (Å²) in [4.78, 5) is 17.5. The average molecular weight is 821 g/mol. The minimum absolute atomic E-state index is 0.0852. The minimum atomic E-state index is -0.385. The highest BCUT2D eigenvalue weighted by atomic mass is 16.6. The SMILES string of the molecule is CCCCCCOc1cc(/C=C/c2ccc(N(CC)CC)cc2)c(OCCN(C)c2ccc(/C=C/c3ccc([N+](=O)[O-])cc3)cc2)cc1/C=C/c1ccc(N(CC)CC)cc1. The Hall–Kier alpha value is -6.28. The Kier molecular flexibility index (Phi) is 18.1. The Morgan fingerprint density at radius 3 is 1.31 bits per heavy atom. The fourth-order valence-electron chi connectivity index (χ4n) is 7.12. The highest BCUT2D eigenvalue weighted by Crippen LogP contribution is 2.33. The van der Waals surface area contributed by atoms with Crippen molar-refractivity contribution in [2.45, 2.75) is 60.3 Å². The second-order valence-electron chi connectivity index (χ2n) is 15.1. The minimum Gasteiger partial charge on any atom is -0.493 e. The molecule has 0 aromatic heterocycles. The molecule has 61 heavy (non-hydrogen) atoms. The molecular weight excluding hydrogens is 757 g/mol. The number of benzene rings is 5. The Balaban J connectivity index is 1.38. The predicted octanol–water partition coefficient (Wildman–Crippen LogP) is 13.3. The van der Waals surface area contributed by atoms with E-state index in [2.05, 4.69) is 166 Å².